The monoisotopic (exact) mass is 283 g/mol. The fourth-order valence-electron chi connectivity index (χ4n) is 2.36. The lowest BCUT2D eigenvalue weighted by atomic mass is 10.0. The van der Waals surface area contributed by atoms with E-state index in [0.717, 1.165) is 24.2 Å². The van der Waals surface area contributed by atoms with Crippen LogP contribution in [0.1, 0.15) is 31.1 Å². The molecule has 0 aliphatic carbocycles. The summed E-state index contributed by atoms with van der Waals surface area (Å²) in [7, 11) is 0. The Balaban J connectivity index is 2.10. The predicted molar refractivity (Wildman–Crippen MR) is 77.6 cm³/mol. The van der Waals surface area contributed by atoms with Crippen LogP contribution in [0, 0.1) is 6.92 Å². The minimum atomic E-state index is -0.625. The van der Waals surface area contributed by atoms with Crippen LogP contribution in [-0.4, -0.2) is 41.8 Å². The zero-order valence-corrected chi connectivity index (χ0v) is 12.5. The molecular weight excluding hydrogens is 262 g/mol. The molecule has 1 heterocycles. The number of benzene rings is 1. The second-order valence-electron chi connectivity index (χ2n) is 5.45. The Bertz CT molecular complexity index is 436. The van der Waals surface area contributed by atoms with Crippen molar-refractivity contribution in [2.45, 2.75) is 39.0 Å². The van der Waals surface area contributed by atoms with Crippen molar-refractivity contribution in [2.75, 3.05) is 19.7 Å². The zero-order chi connectivity index (χ0) is 14.0. The normalized spacial score (nSPS) is 22.7. The first-order valence-electron chi connectivity index (χ1n) is 6.79. The average molecular weight is 284 g/mol. The van der Waals surface area contributed by atoms with E-state index in [-0.39, 0.29) is 6.10 Å². The summed E-state index contributed by atoms with van der Waals surface area (Å²) in [4.78, 5) is 2.33. The summed E-state index contributed by atoms with van der Waals surface area (Å²) < 4.78 is 5.71. The van der Waals surface area contributed by atoms with Crippen LogP contribution in [-0.2, 0) is 4.74 Å². The van der Waals surface area contributed by atoms with Gasteiger partial charge in [0, 0.05) is 24.2 Å². The second kappa shape index (κ2) is 6.23. The molecule has 0 radical (unpaired) electrons. The first-order valence-corrected chi connectivity index (χ1v) is 7.16. The molecule has 1 fully saturated rings. The van der Waals surface area contributed by atoms with Crippen molar-refractivity contribution in [1.29, 1.82) is 0 Å². The Morgan fingerprint density at radius 1 is 1.42 bits per heavy atom. The van der Waals surface area contributed by atoms with Crippen molar-refractivity contribution in [3.63, 3.8) is 0 Å². The molecule has 1 saturated heterocycles. The third-order valence-electron chi connectivity index (χ3n) is 3.74. The molecule has 1 aromatic rings. The summed E-state index contributed by atoms with van der Waals surface area (Å²) in [5, 5.41) is 11.1. The number of aryl methyl sites for hydroxylation is 1. The minimum Gasteiger partial charge on any atom is -0.386 e. The molecule has 0 aromatic heterocycles. The number of aliphatic hydroxyl groups excluding tert-OH is 1. The van der Waals surface area contributed by atoms with Gasteiger partial charge in [0.15, 0.2) is 0 Å². The molecule has 106 valence electrons. The molecule has 19 heavy (non-hydrogen) atoms. The highest BCUT2D eigenvalue weighted by atomic mass is 35.5. The molecule has 1 aromatic carbocycles. The topological polar surface area (TPSA) is 32.7 Å². The van der Waals surface area contributed by atoms with Crippen LogP contribution in [0.5, 0.6) is 0 Å². The van der Waals surface area contributed by atoms with Crippen molar-refractivity contribution < 1.29 is 9.84 Å². The molecule has 1 aliphatic heterocycles. The summed E-state index contributed by atoms with van der Waals surface area (Å²) >= 11 is 6.11. The van der Waals surface area contributed by atoms with Crippen molar-refractivity contribution in [3.8, 4) is 0 Å². The standard InChI is InChI=1S/C15H22ClNO2/c1-10(2)17-6-7-19-14(9-17)15(18)12-5-4-11(3)13(16)8-12/h4-5,8,10,14-15,18H,6-7,9H2,1-3H3. The van der Waals surface area contributed by atoms with Crippen molar-refractivity contribution in [3.05, 3.63) is 34.3 Å². The third-order valence-corrected chi connectivity index (χ3v) is 4.15. The fraction of sp³-hybridized carbons (Fsp3) is 0.600. The number of nitrogens with zero attached hydrogens (tertiary/aromatic N) is 1. The van der Waals surface area contributed by atoms with Crippen LogP contribution in [0.15, 0.2) is 18.2 Å². The van der Waals surface area contributed by atoms with E-state index in [0.29, 0.717) is 17.7 Å². The largest absolute Gasteiger partial charge is 0.386 e. The number of halogens is 1. The second-order valence-corrected chi connectivity index (χ2v) is 5.86. The highest BCUT2D eigenvalue weighted by molar-refractivity contribution is 6.31. The summed E-state index contributed by atoms with van der Waals surface area (Å²) in [6.45, 7) is 8.63. The quantitative estimate of drug-likeness (QED) is 0.926. The molecule has 0 amide bonds. The van der Waals surface area contributed by atoms with Gasteiger partial charge in [0.2, 0.25) is 0 Å². The molecule has 0 bridgehead atoms. The first-order chi connectivity index (χ1) is 8.99. The van der Waals surface area contributed by atoms with Gasteiger partial charge in [-0.1, -0.05) is 23.7 Å². The van der Waals surface area contributed by atoms with Gasteiger partial charge in [0.1, 0.15) is 12.2 Å². The Labute approximate surface area is 120 Å². The Hall–Kier alpha value is -0.610. The Kier molecular flexibility index (Phi) is 4.85. The molecule has 1 N–H and O–H groups in total. The maximum atomic E-state index is 10.4. The first kappa shape index (κ1) is 14.8. The van der Waals surface area contributed by atoms with Gasteiger partial charge in [0.05, 0.1) is 6.61 Å². The summed E-state index contributed by atoms with van der Waals surface area (Å²) in [5.74, 6) is 0. The lowest BCUT2D eigenvalue weighted by Gasteiger charge is -2.37. The average Bonchev–Trinajstić information content (AvgIpc) is 2.41. The summed E-state index contributed by atoms with van der Waals surface area (Å²) in [6.07, 6.45) is -0.811. The van der Waals surface area contributed by atoms with Crippen LogP contribution in [0.3, 0.4) is 0 Å². The lowest BCUT2D eigenvalue weighted by molar-refractivity contribution is -0.0961. The smallest absolute Gasteiger partial charge is 0.106 e. The number of hydrogen-bond donors (Lipinski definition) is 1. The van der Waals surface area contributed by atoms with Crippen molar-refractivity contribution >= 4 is 11.6 Å². The molecule has 2 rings (SSSR count). The van der Waals surface area contributed by atoms with Gasteiger partial charge in [-0.15, -0.1) is 0 Å². The molecule has 0 saturated carbocycles. The van der Waals surface area contributed by atoms with Gasteiger partial charge in [-0.25, -0.2) is 0 Å². The minimum absolute atomic E-state index is 0.185. The molecule has 4 heteroatoms. The maximum absolute atomic E-state index is 10.4. The Morgan fingerprint density at radius 2 is 2.16 bits per heavy atom. The van der Waals surface area contributed by atoms with E-state index in [1.165, 1.54) is 0 Å². The molecule has 0 spiro atoms. The number of aliphatic hydroxyl groups is 1. The SMILES string of the molecule is Cc1ccc(C(O)C2CN(C(C)C)CCO2)cc1Cl. The third kappa shape index (κ3) is 3.48. The summed E-state index contributed by atoms with van der Waals surface area (Å²) in [5.41, 5.74) is 1.84. The van der Waals surface area contributed by atoms with Crippen LogP contribution < -0.4 is 0 Å². The van der Waals surface area contributed by atoms with Crippen LogP contribution in [0.4, 0.5) is 0 Å². The highest BCUT2D eigenvalue weighted by Gasteiger charge is 2.29. The van der Waals surface area contributed by atoms with E-state index in [1.54, 1.807) is 0 Å². The van der Waals surface area contributed by atoms with Gasteiger partial charge in [-0.2, -0.15) is 0 Å². The van der Waals surface area contributed by atoms with Gasteiger partial charge in [-0.05, 0) is 38.0 Å². The Morgan fingerprint density at radius 3 is 2.79 bits per heavy atom. The van der Waals surface area contributed by atoms with Gasteiger partial charge in [0.25, 0.3) is 0 Å². The van der Waals surface area contributed by atoms with E-state index < -0.39 is 6.10 Å². The number of rotatable bonds is 3. The van der Waals surface area contributed by atoms with Crippen LogP contribution in [0.25, 0.3) is 0 Å². The van der Waals surface area contributed by atoms with E-state index in [4.69, 9.17) is 16.3 Å². The molecule has 3 nitrogen and oxygen atoms in total. The molecule has 2 unspecified atom stereocenters. The maximum Gasteiger partial charge on any atom is 0.106 e. The fourth-order valence-corrected chi connectivity index (χ4v) is 2.55. The number of ether oxygens (including phenoxy) is 1. The predicted octanol–water partition coefficient (Wildman–Crippen LogP) is 2.79. The molecular formula is C15H22ClNO2. The van der Waals surface area contributed by atoms with Crippen molar-refractivity contribution in [2.24, 2.45) is 0 Å². The molecule has 1 aliphatic rings. The lowest BCUT2D eigenvalue weighted by Crippen LogP contribution is -2.47. The van der Waals surface area contributed by atoms with Crippen molar-refractivity contribution in [1.82, 2.24) is 4.90 Å². The molecule has 2 atom stereocenters. The van der Waals surface area contributed by atoms with E-state index >= 15 is 0 Å². The van der Waals surface area contributed by atoms with Gasteiger partial charge < -0.3 is 9.84 Å². The summed E-state index contributed by atoms with van der Waals surface area (Å²) in [6, 6.07) is 6.16. The van der Waals surface area contributed by atoms with E-state index in [1.807, 2.05) is 25.1 Å². The van der Waals surface area contributed by atoms with E-state index in [2.05, 4.69) is 18.7 Å². The van der Waals surface area contributed by atoms with Crippen LogP contribution >= 0.6 is 11.6 Å². The van der Waals surface area contributed by atoms with Crippen LogP contribution in [0.2, 0.25) is 5.02 Å². The van der Waals surface area contributed by atoms with Gasteiger partial charge >= 0.3 is 0 Å². The van der Waals surface area contributed by atoms with E-state index in [9.17, 15) is 5.11 Å². The van der Waals surface area contributed by atoms with Gasteiger partial charge in [-0.3, -0.25) is 4.90 Å². The zero-order valence-electron chi connectivity index (χ0n) is 11.8. The highest BCUT2D eigenvalue weighted by Crippen LogP contribution is 2.26. The number of morpholine rings is 1. The number of hydrogen-bond acceptors (Lipinski definition) is 3.